The average molecular weight is 1600 g/mol. The molecule has 7 rings (SSSR count). The molecule has 33 heteroatoms. The van der Waals surface area contributed by atoms with E-state index in [1.54, 1.807) is 55.7 Å². The van der Waals surface area contributed by atoms with Crippen molar-refractivity contribution < 1.29 is 130 Å². The second-order valence-electron chi connectivity index (χ2n) is 26.7. The number of carbonyl (C=O) groups is 9. The molecule has 4 atom stereocenters. The number of nitrogens with zero attached hydrogens (tertiary/aromatic N) is 4. The first-order chi connectivity index (χ1) is 52.9. The number of Topliss-reactive ketones (excluding diaryl/α,β-unsaturated/α-hetero) is 4. The lowest BCUT2D eigenvalue weighted by Gasteiger charge is -2.25. The van der Waals surface area contributed by atoms with Crippen LogP contribution in [0.2, 0.25) is 0 Å². The number of esters is 4. The van der Waals surface area contributed by atoms with Crippen molar-refractivity contribution in [1.29, 1.82) is 0 Å². The van der Waals surface area contributed by atoms with Crippen molar-refractivity contribution >= 4 is 72.7 Å². The Labute approximate surface area is 669 Å². The van der Waals surface area contributed by atoms with Crippen LogP contribution in [0.3, 0.4) is 0 Å². The summed E-state index contributed by atoms with van der Waals surface area (Å²) in [5, 5.41) is 31.1. The molecule has 3 heterocycles. The number of piperidine rings is 2. The number of hydrogen-bond acceptors (Lipinski definition) is 25. The summed E-state index contributed by atoms with van der Waals surface area (Å²) in [6.45, 7) is 12.3. The Bertz CT molecular complexity index is 3720. The number of methoxy groups -OCH3 is 4. The normalized spacial score (nSPS) is 13.4. The van der Waals surface area contributed by atoms with Gasteiger partial charge in [0.2, 0.25) is 0 Å². The molecular formula is C79H111BCl2N9O21+. The van der Waals surface area contributed by atoms with Gasteiger partial charge in [-0.25, -0.2) is 0 Å². The molecular weight excluding hydrogens is 1490 g/mol. The van der Waals surface area contributed by atoms with Gasteiger partial charge in [-0.15, -0.1) is 0 Å². The van der Waals surface area contributed by atoms with Crippen molar-refractivity contribution in [3.63, 3.8) is 0 Å². The Hall–Kier alpha value is -9.34. The SMILES string of the molecule is CN[C@H](CCC(=O)OCc1ccc(C=O)cc1)C(=O)C[C@@H](CCC(=O)OCc1cc(OC)c(OC)cc1[N+](=O)[O-])C(C)=O.CN[C@H](CCC(=O)OCc1ccc(C[NH2+]CC[NH+]2CCCCC2)cc1)C(=O)C[C@@H](CCC(=O)OCc1cc(OC)c(OC)cc1[N+](=O)[O-])C(C)=O.NCCN1CCCCC1.[B][n+]1ccccc1.[Cl-].[Cl-]. The molecule has 0 amide bonds. The van der Waals surface area contributed by atoms with Crippen molar-refractivity contribution in [2.24, 2.45) is 17.6 Å². The predicted octanol–water partition coefficient (Wildman–Crippen LogP) is -0.288. The highest BCUT2D eigenvalue weighted by Gasteiger charge is 2.29. The maximum absolute atomic E-state index is 13.1. The molecule has 2 aliphatic rings. The van der Waals surface area contributed by atoms with Crippen LogP contribution in [0.1, 0.15) is 155 Å². The van der Waals surface area contributed by atoms with E-state index in [-0.39, 0.29) is 177 Å². The highest BCUT2D eigenvalue weighted by atomic mass is 35.5. The first kappa shape index (κ1) is 98.7. The van der Waals surface area contributed by atoms with Crippen molar-refractivity contribution in [3.05, 3.63) is 157 Å². The topological polar surface area (TPSA) is 392 Å². The molecule has 2 fully saturated rings. The van der Waals surface area contributed by atoms with E-state index in [0.29, 0.717) is 17.4 Å². The van der Waals surface area contributed by atoms with Crippen LogP contribution in [-0.2, 0) is 90.3 Å². The number of rotatable bonds is 44. The fourth-order valence-corrected chi connectivity index (χ4v) is 12.2. The summed E-state index contributed by atoms with van der Waals surface area (Å²) >= 11 is 0. The molecule has 614 valence electrons. The molecule has 30 nitrogen and oxygen atoms in total. The van der Waals surface area contributed by atoms with E-state index >= 15 is 0 Å². The van der Waals surface area contributed by atoms with Crippen molar-refractivity contribution in [1.82, 2.24) is 15.5 Å². The standard InChI is InChI=1S/C37H52N4O10.C30H36N2O11.C7H16N2.C5H5BN.2ClH/c1-26(42)29(12-14-36(44)51-25-30-21-34(48-3)35(49-4)22-32(30)41(46)47)20-33(43)31(38-2)13-15-37(45)50-24-28-10-8-27(9-11-28)23-39-16-19-40-17-6-5-7-18-40;1-19(34)22(9-11-29(36)43-18-23-14-27(40-3)28(41-4)15-25(23)32(38)39)13-26(35)24(31-2)10-12-30(37)42-17-21-7-5-20(16-33)6-8-21;8-4-7-9-5-2-1-3-6-9;6-7-4-2-1-3-5-7;;/h8-11,21-22,29,31,38-39H,5-7,12-20,23-25H2,1-4H3;5-8,14-16,22,24,31H,9-13,17-18H2,1-4H3;1-8H2;1-5H;2*1H/q;;;+1;;/t29-,31-;22-,24-;;;;/m11..../s1. The molecule has 2 radical (unpaired) electrons. The number of carbonyl (C=O) groups excluding carboxylic acids is 9. The van der Waals surface area contributed by atoms with Gasteiger partial charge in [0, 0.05) is 74.6 Å². The number of nitro benzene ring substituents is 2. The predicted molar refractivity (Wildman–Crippen MR) is 407 cm³/mol. The molecule has 0 aliphatic carbocycles. The Morgan fingerprint density at radius 1 is 0.571 bits per heavy atom. The van der Waals surface area contributed by atoms with Crippen LogP contribution in [0.4, 0.5) is 11.4 Å². The third-order valence-electron chi connectivity index (χ3n) is 18.7. The maximum atomic E-state index is 13.1. The fourth-order valence-electron chi connectivity index (χ4n) is 12.2. The number of likely N-dealkylation sites (N-methyl/N-ethyl adjacent to an activating group) is 2. The Morgan fingerprint density at radius 3 is 1.32 bits per heavy atom. The van der Waals surface area contributed by atoms with Crippen LogP contribution >= 0.6 is 0 Å². The number of nitrogens with one attached hydrogen (secondary N) is 3. The fraction of sp³-hybridized carbons (Fsp3) is 0.519. The molecule has 2 aliphatic heterocycles. The Kier molecular flexibility index (Phi) is 49.3. The lowest BCUT2D eigenvalue weighted by atomic mass is 9.90. The van der Waals surface area contributed by atoms with Gasteiger partial charge >= 0.3 is 31.9 Å². The van der Waals surface area contributed by atoms with E-state index in [0.717, 1.165) is 31.7 Å². The Morgan fingerprint density at radius 2 is 0.955 bits per heavy atom. The number of quaternary nitrogens is 2. The monoisotopic (exact) mass is 1600 g/mol. The van der Waals surface area contributed by atoms with Gasteiger partial charge in [-0.1, -0.05) is 61.0 Å². The van der Waals surface area contributed by atoms with Crippen LogP contribution in [0.15, 0.2) is 103 Å². The number of pyridine rings is 1. The van der Waals surface area contributed by atoms with E-state index in [2.05, 4.69) is 33.0 Å². The van der Waals surface area contributed by atoms with Crippen LogP contribution in [0.25, 0.3) is 0 Å². The number of aldehydes is 1. The van der Waals surface area contributed by atoms with E-state index in [4.69, 9.17) is 51.6 Å². The lowest BCUT2D eigenvalue weighted by Crippen LogP contribution is -3.15. The summed E-state index contributed by atoms with van der Waals surface area (Å²) < 4.78 is 43.2. The zero-order chi connectivity index (χ0) is 80.8. The van der Waals surface area contributed by atoms with Gasteiger partial charge in [-0.05, 0) is 134 Å². The van der Waals surface area contributed by atoms with Gasteiger partial charge in [0.25, 0.3) is 11.4 Å². The number of hydrogen-bond donors (Lipinski definition) is 5. The number of benzene rings is 4. The van der Waals surface area contributed by atoms with Gasteiger partial charge < -0.3 is 94.2 Å². The first-order valence-corrected chi connectivity index (χ1v) is 37.1. The highest BCUT2D eigenvalue weighted by Crippen LogP contribution is 2.36. The molecule has 2 saturated heterocycles. The van der Waals surface area contributed by atoms with Gasteiger partial charge in [0.1, 0.15) is 87.9 Å². The summed E-state index contributed by atoms with van der Waals surface area (Å²) in [6.07, 6.45) is 12.3. The number of likely N-dealkylation sites (tertiary alicyclic amines) is 2. The number of aromatic nitrogens is 1. The van der Waals surface area contributed by atoms with E-state index < -0.39 is 64.3 Å². The zero-order valence-corrected chi connectivity index (χ0v) is 67.1. The number of ketones is 4. The Balaban J connectivity index is 0.000000625. The average Bonchev–Trinajstić information content (AvgIpc) is 0.826. The molecule has 0 bridgehead atoms. The second kappa shape index (κ2) is 56.0. The molecule has 0 unspecified atom stereocenters. The first-order valence-electron chi connectivity index (χ1n) is 37.1. The van der Waals surface area contributed by atoms with Crippen LogP contribution < -0.4 is 74.8 Å². The van der Waals surface area contributed by atoms with E-state index in [1.807, 2.05) is 30.3 Å². The van der Waals surface area contributed by atoms with Crippen LogP contribution in [0, 0.1) is 32.1 Å². The number of nitrogens with two attached hydrogens (primary N) is 2. The molecule has 4 aromatic carbocycles. The highest BCUT2D eigenvalue weighted by molar-refractivity contribution is 5.94. The summed E-state index contributed by atoms with van der Waals surface area (Å²) in [4.78, 5) is 137. The van der Waals surface area contributed by atoms with E-state index in [1.165, 1.54) is 148 Å². The minimum Gasteiger partial charge on any atom is -1.00 e. The second-order valence-corrected chi connectivity index (χ2v) is 26.7. The molecule has 5 aromatic rings. The molecule has 1 aromatic heterocycles. The smallest absolute Gasteiger partial charge is 0.586 e. The zero-order valence-electron chi connectivity index (χ0n) is 65.6. The molecule has 0 spiro atoms. The number of nitro groups is 2. The van der Waals surface area contributed by atoms with Crippen LogP contribution in [-0.4, -0.2) is 183 Å². The summed E-state index contributed by atoms with van der Waals surface area (Å²) in [5.41, 5.74) is 8.34. The number of halogens is 2. The van der Waals surface area contributed by atoms with Crippen molar-refractivity contribution in [2.45, 2.75) is 162 Å². The minimum atomic E-state index is -0.757. The largest absolute Gasteiger partial charge is 1.00 e. The summed E-state index contributed by atoms with van der Waals surface area (Å²) in [7, 11) is 13.9. The van der Waals surface area contributed by atoms with Crippen molar-refractivity contribution in [3.8, 4) is 23.0 Å². The summed E-state index contributed by atoms with van der Waals surface area (Å²) in [6, 6.07) is 24.0. The van der Waals surface area contributed by atoms with E-state index in [9.17, 15) is 63.4 Å². The minimum absolute atomic E-state index is 0. The van der Waals surface area contributed by atoms with Gasteiger partial charge in [0.15, 0.2) is 23.0 Å². The number of ether oxygens (including phenoxy) is 8. The molecule has 112 heavy (non-hydrogen) atoms. The van der Waals surface area contributed by atoms with Gasteiger partial charge in [-0.3, -0.25) is 67.9 Å². The van der Waals surface area contributed by atoms with Crippen LogP contribution in [0.5, 0.6) is 23.0 Å². The third kappa shape index (κ3) is 37.8. The van der Waals surface area contributed by atoms with Gasteiger partial charge in [-0.2, -0.15) is 0 Å². The molecule has 0 saturated carbocycles. The van der Waals surface area contributed by atoms with Gasteiger partial charge in [0.05, 0.1) is 86.7 Å². The lowest BCUT2D eigenvalue weighted by molar-refractivity contribution is -0.917. The quantitative estimate of drug-likeness (QED) is 0.00636. The summed E-state index contributed by atoms with van der Waals surface area (Å²) in [5.74, 6) is -4.13. The van der Waals surface area contributed by atoms with Crippen molar-refractivity contribution in [2.75, 3.05) is 94.9 Å². The maximum Gasteiger partial charge on any atom is 0.586 e. The third-order valence-corrected chi connectivity index (χ3v) is 18.7. The molecule has 7 N–H and O–H groups in total.